The fourth-order valence-corrected chi connectivity index (χ4v) is 3.40. The normalized spacial score (nSPS) is 24.2. The molecule has 2 fully saturated rings. The van der Waals surface area contributed by atoms with Crippen molar-refractivity contribution in [2.45, 2.75) is 6.04 Å². The van der Waals surface area contributed by atoms with Crippen LogP contribution in [0.3, 0.4) is 0 Å². The number of fused-ring (bicyclic) bond motifs is 2. The molecule has 2 aromatic rings. The minimum Gasteiger partial charge on any atom is -0.348 e. The van der Waals surface area contributed by atoms with E-state index >= 15 is 0 Å². The number of benzene rings is 1. The number of hydrogen-bond donors (Lipinski definition) is 2. The van der Waals surface area contributed by atoms with E-state index in [9.17, 15) is 13.6 Å². The fourth-order valence-electron chi connectivity index (χ4n) is 3.20. The zero-order valence-corrected chi connectivity index (χ0v) is 11.7. The average molecular weight is 312 g/mol. The van der Waals surface area contributed by atoms with Crippen LogP contribution in [0.25, 0.3) is 10.9 Å². The predicted octanol–water partition coefficient (Wildman–Crippen LogP) is 2.14. The van der Waals surface area contributed by atoms with Crippen LogP contribution in [-0.2, 0) is 0 Å². The third kappa shape index (κ3) is 1.79. The monoisotopic (exact) mass is 311 g/mol. The Morgan fingerprint density at radius 1 is 1.29 bits per heavy atom. The van der Waals surface area contributed by atoms with Crippen molar-refractivity contribution in [3.8, 4) is 0 Å². The maximum absolute atomic E-state index is 13.8. The standard InChI is InChI=1S/C14H12ClF2N3O/c15-8-1-6-2-9(19-13(6)12(17)11(8)16)14(21)20-5-7-3-18-4-10(7)20/h1-2,7,10,18-19H,3-5H2/t7-,10-/m1/s1. The van der Waals surface area contributed by atoms with E-state index in [2.05, 4.69) is 10.3 Å². The molecule has 3 heterocycles. The quantitative estimate of drug-likeness (QED) is 0.793. The minimum atomic E-state index is -1.10. The molecule has 2 aliphatic heterocycles. The largest absolute Gasteiger partial charge is 0.348 e. The Kier molecular flexibility index (Phi) is 2.74. The van der Waals surface area contributed by atoms with Crippen molar-refractivity contribution in [3.63, 3.8) is 0 Å². The third-order valence-electron chi connectivity index (χ3n) is 4.38. The molecule has 0 radical (unpaired) electrons. The summed E-state index contributed by atoms with van der Waals surface area (Å²) < 4.78 is 27.3. The molecule has 0 spiro atoms. The first-order valence-electron chi connectivity index (χ1n) is 6.74. The van der Waals surface area contributed by atoms with Crippen molar-refractivity contribution in [1.82, 2.24) is 15.2 Å². The third-order valence-corrected chi connectivity index (χ3v) is 4.65. The first-order valence-corrected chi connectivity index (χ1v) is 7.12. The van der Waals surface area contributed by atoms with Gasteiger partial charge in [0, 0.05) is 30.9 Å². The highest BCUT2D eigenvalue weighted by Gasteiger charge is 2.45. The number of carbonyl (C=O) groups excluding carboxylic acids is 1. The number of H-pyrrole nitrogens is 1. The van der Waals surface area contributed by atoms with E-state index in [-0.39, 0.29) is 28.2 Å². The van der Waals surface area contributed by atoms with Crippen LogP contribution in [0, 0.1) is 17.6 Å². The van der Waals surface area contributed by atoms with Gasteiger partial charge in [0.25, 0.3) is 5.91 Å². The highest BCUT2D eigenvalue weighted by molar-refractivity contribution is 6.31. The lowest BCUT2D eigenvalue weighted by Gasteiger charge is -2.43. The second-order valence-electron chi connectivity index (χ2n) is 5.58. The second kappa shape index (κ2) is 4.42. The number of likely N-dealkylation sites (tertiary alicyclic amines) is 1. The Bertz CT molecular complexity index is 760. The summed E-state index contributed by atoms with van der Waals surface area (Å²) in [6, 6.07) is 3.04. The van der Waals surface area contributed by atoms with Crippen LogP contribution in [0.4, 0.5) is 8.78 Å². The molecule has 0 aliphatic carbocycles. The van der Waals surface area contributed by atoms with Gasteiger partial charge in [-0.3, -0.25) is 4.79 Å². The number of halogens is 3. The Morgan fingerprint density at radius 3 is 2.86 bits per heavy atom. The van der Waals surface area contributed by atoms with E-state index < -0.39 is 11.6 Å². The number of nitrogens with one attached hydrogen (secondary N) is 2. The molecule has 4 rings (SSSR count). The highest BCUT2D eigenvalue weighted by Crippen LogP contribution is 2.31. The zero-order valence-electron chi connectivity index (χ0n) is 10.9. The van der Waals surface area contributed by atoms with Gasteiger partial charge in [-0.1, -0.05) is 11.6 Å². The van der Waals surface area contributed by atoms with Gasteiger partial charge in [0.05, 0.1) is 16.6 Å². The van der Waals surface area contributed by atoms with E-state index in [4.69, 9.17) is 11.6 Å². The molecule has 0 bridgehead atoms. The molecule has 2 N–H and O–H groups in total. The lowest BCUT2D eigenvalue weighted by Crippen LogP contribution is -2.58. The van der Waals surface area contributed by atoms with Gasteiger partial charge in [0.1, 0.15) is 5.69 Å². The van der Waals surface area contributed by atoms with E-state index in [1.165, 1.54) is 12.1 Å². The van der Waals surface area contributed by atoms with Crippen molar-refractivity contribution in [3.05, 3.63) is 34.5 Å². The molecule has 0 saturated carbocycles. The predicted molar refractivity (Wildman–Crippen MR) is 74.4 cm³/mol. The summed E-state index contributed by atoms with van der Waals surface area (Å²) in [4.78, 5) is 16.9. The van der Waals surface area contributed by atoms with Gasteiger partial charge in [-0.15, -0.1) is 0 Å². The highest BCUT2D eigenvalue weighted by atomic mass is 35.5. The topological polar surface area (TPSA) is 48.1 Å². The summed E-state index contributed by atoms with van der Waals surface area (Å²) in [7, 11) is 0. The maximum Gasteiger partial charge on any atom is 0.270 e. The number of hydrogen-bond acceptors (Lipinski definition) is 2. The molecule has 110 valence electrons. The molecule has 0 unspecified atom stereocenters. The Morgan fingerprint density at radius 2 is 2.10 bits per heavy atom. The number of nitrogens with zero attached hydrogens (tertiary/aromatic N) is 1. The fraction of sp³-hybridized carbons (Fsp3) is 0.357. The summed E-state index contributed by atoms with van der Waals surface area (Å²) >= 11 is 5.62. The molecular weight excluding hydrogens is 300 g/mol. The average Bonchev–Trinajstić information content (AvgIpc) is 3.01. The SMILES string of the molecule is O=C(c1cc2cc(Cl)c(F)c(F)c2[nH]1)N1C[C@H]2CNC[C@H]21. The second-order valence-corrected chi connectivity index (χ2v) is 5.98. The Balaban J connectivity index is 1.71. The molecular formula is C14H12ClF2N3O. The van der Waals surface area contributed by atoms with E-state index in [0.717, 1.165) is 13.1 Å². The number of aromatic nitrogens is 1. The molecule has 2 saturated heterocycles. The molecule has 1 aromatic heterocycles. The van der Waals surface area contributed by atoms with E-state index in [1.807, 2.05) is 0 Å². The van der Waals surface area contributed by atoms with Crippen molar-refractivity contribution < 1.29 is 13.6 Å². The van der Waals surface area contributed by atoms with Crippen LogP contribution in [0.2, 0.25) is 5.02 Å². The number of carbonyl (C=O) groups is 1. The van der Waals surface area contributed by atoms with Crippen LogP contribution in [0.15, 0.2) is 12.1 Å². The van der Waals surface area contributed by atoms with Crippen LogP contribution in [0.1, 0.15) is 10.5 Å². The molecule has 7 heteroatoms. The summed E-state index contributed by atoms with van der Waals surface area (Å²) in [6.45, 7) is 2.41. The molecule has 1 amide bonds. The van der Waals surface area contributed by atoms with Crippen LogP contribution >= 0.6 is 11.6 Å². The van der Waals surface area contributed by atoms with Crippen molar-refractivity contribution in [2.75, 3.05) is 19.6 Å². The first kappa shape index (κ1) is 13.0. The first-order chi connectivity index (χ1) is 10.1. The molecule has 4 nitrogen and oxygen atoms in total. The van der Waals surface area contributed by atoms with Crippen molar-refractivity contribution in [1.29, 1.82) is 0 Å². The summed E-state index contributed by atoms with van der Waals surface area (Å²) in [5, 5.41) is 3.34. The molecule has 2 atom stereocenters. The smallest absolute Gasteiger partial charge is 0.270 e. The van der Waals surface area contributed by atoms with Crippen LogP contribution in [0.5, 0.6) is 0 Å². The van der Waals surface area contributed by atoms with Gasteiger partial charge in [0.15, 0.2) is 11.6 Å². The lowest BCUT2D eigenvalue weighted by atomic mass is 9.91. The maximum atomic E-state index is 13.8. The summed E-state index contributed by atoms with van der Waals surface area (Å²) in [5.74, 6) is -1.84. The number of rotatable bonds is 1. The van der Waals surface area contributed by atoms with Gasteiger partial charge in [0.2, 0.25) is 0 Å². The van der Waals surface area contributed by atoms with E-state index in [1.54, 1.807) is 4.90 Å². The van der Waals surface area contributed by atoms with Crippen LogP contribution < -0.4 is 5.32 Å². The number of aromatic amines is 1. The zero-order chi connectivity index (χ0) is 14.7. The van der Waals surface area contributed by atoms with Gasteiger partial charge in [-0.2, -0.15) is 0 Å². The van der Waals surface area contributed by atoms with Gasteiger partial charge >= 0.3 is 0 Å². The molecule has 2 aliphatic rings. The van der Waals surface area contributed by atoms with Gasteiger partial charge < -0.3 is 15.2 Å². The van der Waals surface area contributed by atoms with Gasteiger partial charge in [-0.05, 0) is 12.1 Å². The minimum absolute atomic E-state index is 0.0260. The number of amides is 1. The van der Waals surface area contributed by atoms with Crippen LogP contribution in [-0.4, -0.2) is 41.5 Å². The summed E-state index contributed by atoms with van der Waals surface area (Å²) in [6.07, 6.45) is 0. The van der Waals surface area contributed by atoms with E-state index in [0.29, 0.717) is 17.8 Å². The van der Waals surface area contributed by atoms with Crippen molar-refractivity contribution >= 4 is 28.4 Å². The molecule has 21 heavy (non-hydrogen) atoms. The van der Waals surface area contributed by atoms with Crippen molar-refractivity contribution in [2.24, 2.45) is 5.92 Å². The Labute approximate surface area is 124 Å². The van der Waals surface area contributed by atoms with Gasteiger partial charge in [-0.25, -0.2) is 8.78 Å². The summed E-state index contributed by atoms with van der Waals surface area (Å²) in [5.41, 5.74) is 0.234. The lowest BCUT2D eigenvalue weighted by molar-refractivity contribution is 0.0323. The Hall–Kier alpha value is -1.66. The molecule has 1 aromatic carbocycles.